The first-order chi connectivity index (χ1) is 5.74. The first kappa shape index (κ1) is 8.68. The predicted octanol–water partition coefficient (Wildman–Crippen LogP) is 1.17. The summed E-state index contributed by atoms with van der Waals surface area (Å²) in [6, 6.07) is 0. The van der Waals surface area contributed by atoms with E-state index in [1.807, 2.05) is 13.8 Å². The Morgan fingerprint density at radius 1 is 1.58 bits per heavy atom. The predicted molar refractivity (Wildman–Crippen MR) is 42.7 cm³/mol. The van der Waals surface area contributed by atoms with Crippen molar-refractivity contribution in [1.29, 1.82) is 0 Å². The fourth-order valence-corrected chi connectivity index (χ4v) is 0.843. The monoisotopic (exact) mass is 166 g/mol. The fourth-order valence-electron chi connectivity index (χ4n) is 0.843. The van der Waals surface area contributed by atoms with Gasteiger partial charge in [0.05, 0.1) is 12.2 Å². The van der Waals surface area contributed by atoms with Crippen LogP contribution in [0.2, 0.25) is 0 Å². The fraction of sp³-hybridized carbons (Fsp3) is 0.500. The third kappa shape index (κ3) is 2.04. The van der Waals surface area contributed by atoms with Gasteiger partial charge in [0.15, 0.2) is 5.89 Å². The number of carbonyl (C=O) groups excluding carboxylic acids is 1. The molecule has 64 valence electrons. The topological polar surface area (TPSA) is 55.5 Å². The van der Waals surface area contributed by atoms with Gasteiger partial charge in [-0.2, -0.15) is 0 Å². The second-order valence-electron chi connectivity index (χ2n) is 2.47. The SMILES string of the molecule is Cc1nc(CCN=C=O)oc1C. The molecule has 0 fully saturated rings. The van der Waals surface area contributed by atoms with E-state index in [4.69, 9.17) is 4.42 Å². The molecular formula is C8H10N2O2. The van der Waals surface area contributed by atoms with Crippen LogP contribution in [0, 0.1) is 13.8 Å². The zero-order valence-electron chi connectivity index (χ0n) is 7.13. The van der Waals surface area contributed by atoms with Gasteiger partial charge >= 0.3 is 0 Å². The van der Waals surface area contributed by atoms with Gasteiger partial charge in [-0.1, -0.05) is 0 Å². The number of isocyanates is 1. The van der Waals surface area contributed by atoms with Gasteiger partial charge < -0.3 is 4.42 Å². The molecule has 0 N–H and O–H groups in total. The molecular weight excluding hydrogens is 156 g/mol. The highest BCUT2D eigenvalue weighted by molar-refractivity contribution is 5.32. The maximum absolute atomic E-state index is 9.72. The second kappa shape index (κ2) is 3.83. The van der Waals surface area contributed by atoms with Gasteiger partial charge in [0.1, 0.15) is 5.76 Å². The summed E-state index contributed by atoms with van der Waals surface area (Å²) in [6.45, 7) is 4.13. The molecule has 0 aliphatic heterocycles. The van der Waals surface area contributed by atoms with E-state index in [1.165, 1.54) is 6.08 Å². The average molecular weight is 166 g/mol. The Labute approximate surface area is 70.3 Å². The summed E-state index contributed by atoms with van der Waals surface area (Å²) in [4.78, 5) is 17.3. The highest BCUT2D eigenvalue weighted by atomic mass is 16.4. The zero-order chi connectivity index (χ0) is 8.97. The lowest BCUT2D eigenvalue weighted by molar-refractivity contribution is 0.471. The maximum atomic E-state index is 9.72. The van der Waals surface area contributed by atoms with Crippen LogP contribution in [0.25, 0.3) is 0 Å². The Morgan fingerprint density at radius 2 is 2.33 bits per heavy atom. The van der Waals surface area contributed by atoms with E-state index < -0.39 is 0 Å². The minimum Gasteiger partial charge on any atom is -0.446 e. The van der Waals surface area contributed by atoms with Crippen molar-refractivity contribution in [1.82, 2.24) is 4.98 Å². The maximum Gasteiger partial charge on any atom is 0.234 e. The normalized spacial score (nSPS) is 9.50. The zero-order valence-corrected chi connectivity index (χ0v) is 7.13. The van der Waals surface area contributed by atoms with Crippen molar-refractivity contribution in [2.75, 3.05) is 6.54 Å². The van der Waals surface area contributed by atoms with Crippen molar-refractivity contribution in [3.63, 3.8) is 0 Å². The molecule has 4 heteroatoms. The van der Waals surface area contributed by atoms with Gasteiger partial charge in [0.2, 0.25) is 6.08 Å². The van der Waals surface area contributed by atoms with Crippen LogP contribution in [0.5, 0.6) is 0 Å². The number of oxazole rings is 1. The van der Waals surface area contributed by atoms with Crippen molar-refractivity contribution in [2.24, 2.45) is 4.99 Å². The van der Waals surface area contributed by atoms with Crippen molar-refractivity contribution < 1.29 is 9.21 Å². The number of rotatable bonds is 3. The average Bonchev–Trinajstić information content (AvgIpc) is 2.32. The van der Waals surface area contributed by atoms with Gasteiger partial charge in [-0.3, -0.25) is 0 Å². The summed E-state index contributed by atoms with van der Waals surface area (Å²) in [5.74, 6) is 1.45. The third-order valence-electron chi connectivity index (χ3n) is 1.57. The summed E-state index contributed by atoms with van der Waals surface area (Å²) in [5.41, 5.74) is 0.889. The summed E-state index contributed by atoms with van der Waals surface area (Å²) < 4.78 is 5.26. The third-order valence-corrected chi connectivity index (χ3v) is 1.57. The molecule has 0 saturated heterocycles. The van der Waals surface area contributed by atoms with E-state index >= 15 is 0 Å². The van der Waals surface area contributed by atoms with Crippen molar-refractivity contribution in [2.45, 2.75) is 20.3 Å². The molecule has 1 heterocycles. The first-order valence-electron chi connectivity index (χ1n) is 3.70. The molecule has 0 amide bonds. The first-order valence-corrected chi connectivity index (χ1v) is 3.70. The molecule has 0 unspecified atom stereocenters. The van der Waals surface area contributed by atoms with Crippen LogP contribution < -0.4 is 0 Å². The number of aryl methyl sites for hydroxylation is 2. The van der Waals surface area contributed by atoms with Gasteiger partial charge in [0.25, 0.3) is 0 Å². The quantitative estimate of drug-likeness (QED) is 0.500. The van der Waals surface area contributed by atoms with Gasteiger partial charge in [-0.05, 0) is 13.8 Å². The molecule has 12 heavy (non-hydrogen) atoms. The Bertz CT molecular complexity index is 291. The second-order valence-corrected chi connectivity index (χ2v) is 2.47. The molecule has 1 aromatic rings. The number of hydrogen-bond donors (Lipinski definition) is 0. The Balaban J connectivity index is 2.58. The summed E-state index contributed by atoms with van der Waals surface area (Å²) in [7, 11) is 0. The molecule has 0 aliphatic carbocycles. The molecule has 0 spiro atoms. The van der Waals surface area contributed by atoms with Gasteiger partial charge in [-0.15, -0.1) is 0 Å². The van der Waals surface area contributed by atoms with Crippen LogP contribution in [0.4, 0.5) is 0 Å². The number of nitrogens with zero attached hydrogens (tertiary/aromatic N) is 2. The molecule has 0 saturated carbocycles. The lowest BCUT2D eigenvalue weighted by Gasteiger charge is -1.86. The Kier molecular flexibility index (Phi) is 2.77. The van der Waals surface area contributed by atoms with E-state index in [1.54, 1.807) is 0 Å². The van der Waals surface area contributed by atoms with Crippen LogP contribution >= 0.6 is 0 Å². The molecule has 0 atom stereocenters. The summed E-state index contributed by atoms with van der Waals surface area (Å²) in [5, 5.41) is 0. The molecule has 4 nitrogen and oxygen atoms in total. The number of aliphatic imine (C=N–C) groups is 1. The minimum atomic E-state index is 0.392. The standard InChI is InChI=1S/C8H10N2O2/c1-6-7(2)12-8(10-6)3-4-9-5-11/h3-4H2,1-2H3. The lowest BCUT2D eigenvalue weighted by Crippen LogP contribution is -1.88. The lowest BCUT2D eigenvalue weighted by atomic mass is 10.4. The summed E-state index contributed by atoms with van der Waals surface area (Å²) >= 11 is 0. The van der Waals surface area contributed by atoms with Gasteiger partial charge in [-0.25, -0.2) is 14.8 Å². The Hall–Kier alpha value is -1.41. The van der Waals surface area contributed by atoms with Gasteiger partial charge in [0, 0.05) is 6.42 Å². The Morgan fingerprint density at radius 3 is 2.83 bits per heavy atom. The van der Waals surface area contributed by atoms with Crippen molar-refractivity contribution >= 4 is 6.08 Å². The van der Waals surface area contributed by atoms with Crippen molar-refractivity contribution in [3.05, 3.63) is 17.3 Å². The van der Waals surface area contributed by atoms with Crippen LogP contribution in [-0.4, -0.2) is 17.6 Å². The molecule has 0 aliphatic rings. The van der Waals surface area contributed by atoms with Crippen LogP contribution in [0.1, 0.15) is 17.3 Å². The molecule has 0 radical (unpaired) electrons. The van der Waals surface area contributed by atoms with Crippen LogP contribution in [0.15, 0.2) is 9.41 Å². The smallest absolute Gasteiger partial charge is 0.234 e. The molecule has 1 rings (SSSR count). The highest BCUT2D eigenvalue weighted by Gasteiger charge is 2.03. The largest absolute Gasteiger partial charge is 0.446 e. The number of hydrogen-bond acceptors (Lipinski definition) is 4. The number of aromatic nitrogens is 1. The van der Waals surface area contributed by atoms with Crippen LogP contribution in [-0.2, 0) is 11.2 Å². The summed E-state index contributed by atoms with van der Waals surface area (Å²) in [6.07, 6.45) is 2.02. The van der Waals surface area contributed by atoms with E-state index in [-0.39, 0.29) is 0 Å². The van der Waals surface area contributed by atoms with E-state index in [0.29, 0.717) is 18.9 Å². The van der Waals surface area contributed by atoms with E-state index in [2.05, 4.69) is 9.98 Å². The molecule has 1 aromatic heterocycles. The van der Waals surface area contributed by atoms with Crippen molar-refractivity contribution in [3.8, 4) is 0 Å². The molecule has 0 bridgehead atoms. The van der Waals surface area contributed by atoms with E-state index in [9.17, 15) is 4.79 Å². The van der Waals surface area contributed by atoms with E-state index in [0.717, 1.165) is 11.5 Å². The highest BCUT2D eigenvalue weighted by Crippen LogP contribution is 2.08. The minimum absolute atomic E-state index is 0.392. The van der Waals surface area contributed by atoms with Crippen LogP contribution in [0.3, 0.4) is 0 Å². The molecule has 0 aromatic carbocycles.